The Morgan fingerprint density at radius 1 is 1.38 bits per heavy atom. The van der Waals surface area contributed by atoms with Gasteiger partial charge in [0, 0.05) is 11.3 Å². The van der Waals surface area contributed by atoms with Gasteiger partial charge in [-0.3, -0.25) is 0 Å². The van der Waals surface area contributed by atoms with E-state index < -0.39 is 18.6 Å². The Kier molecular flexibility index (Phi) is 1.73. The van der Waals surface area contributed by atoms with Crippen LogP contribution in [0.3, 0.4) is 0 Å². The first kappa shape index (κ1) is 8.44. The van der Waals surface area contributed by atoms with Gasteiger partial charge in [-0.2, -0.15) is 0 Å². The van der Waals surface area contributed by atoms with Crippen LogP contribution in [0.25, 0.3) is 0 Å². The molecule has 2 rings (SSSR count). The lowest BCUT2D eigenvalue weighted by Gasteiger charge is -2.30. The van der Waals surface area contributed by atoms with Gasteiger partial charge in [0.05, 0.1) is 6.54 Å². The van der Waals surface area contributed by atoms with E-state index in [4.69, 9.17) is 0 Å². The average molecular weight is 185 g/mol. The molecular formula is C9H9F2NO. The Morgan fingerprint density at radius 2 is 2.08 bits per heavy atom. The van der Waals surface area contributed by atoms with E-state index in [-0.39, 0.29) is 5.56 Å². The van der Waals surface area contributed by atoms with Gasteiger partial charge in [-0.25, -0.2) is 8.78 Å². The molecule has 1 atom stereocenters. The van der Waals surface area contributed by atoms with Crippen LogP contribution in [-0.4, -0.2) is 17.6 Å². The largest absolute Gasteiger partial charge is 0.382 e. The number of fused-ring (bicyclic) bond motifs is 1. The summed E-state index contributed by atoms with van der Waals surface area (Å²) in [4.78, 5) is 0. The van der Waals surface area contributed by atoms with Crippen LogP contribution in [0.1, 0.15) is 11.7 Å². The molecule has 0 aliphatic carbocycles. The molecule has 0 fully saturated rings. The van der Waals surface area contributed by atoms with Gasteiger partial charge in [0.15, 0.2) is 0 Å². The number of anilines is 1. The number of nitrogens with one attached hydrogen (secondary N) is 1. The first-order chi connectivity index (χ1) is 6.11. The molecule has 0 saturated heterocycles. The quantitative estimate of drug-likeness (QED) is 0.645. The molecule has 13 heavy (non-hydrogen) atoms. The lowest BCUT2D eigenvalue weighted by molar-refractivity contribution is -0.103. The monoisotopic (exact) mass is 185 g/mol. The molecule has 1 aliphatic rings. The van der Waals surface area contributed by atoms with Crippen molar-refractivity contribution in [2.75, 3.05) is 11.9 Å². The van der Waals surface area contributed by atoms with Crippen molar-refractivity contribution in [2.45, 2.75) is 12.0 Å². The Hall–Kier alpha value is -1.16. The van der Waals surface area contributed by atoms with Crippen molar-refractivity contribution in [3.8, 4) is 0 Å². The average Bonchev–Trinajstić information content (AvgIpc) is 2.13. The summed E-state index contributed by atoms with van der Waals surface area (Å²) in [6.07, 6.45) is -1.69. The molecule has 0 radical (unpaired) electrons. The number of hydrogen-bond acceptors (Lipinski definition) is 2. The number of para-hydroxylation sites is 1. The number of aliphatic hydroxyl groups excluding tert-OH is 1. The normalized spacial score (nSPS) is 24.7. The zero-order valence-electron chi connectivity index (χ0n) is 6.80. The van der Waals surface area contributed by atoms with Crippen molar-refractivity contribution in [1.82, 2.24) is 0 Å². The van der Waals surface area contributed by atoms with Gasteiger partial charge in [0.2, 0.25) is 0 Å². The highest BCUT2D eigenvalue weighted by Crippen LogP contribution is 2.38. The second-order valence-corrected chi connectivity index (χ2v) is 3.10. The van der Waals surface area contributed by atoms with Crippen LogP contribution in [0, 0.1) is 0 Å². The minimum Gasteiger partial charge on any atom is -0.382 e. The van der Waals surface area contributed by atoms with E-state index in [2.05, 4.69) is 5.32 Å². The second kappa shape index (κ2) is 2.67. The maximum atomic E-state index is 13.0. The molecule has 0 saturated carbocycles. The Morgan fingerprint density at radius 3 is 2.85 bits per heavy atom. The van der Waals surface area contributed by atoms with Gasteiger partial charge in [-0.15, -0.1) is 0 Å². The fourth-order valence-electron chi connectivity index (χ4n) is 1.43. The number of hydrogen-bond donors (Lipinski definition) is 2. The summed E-state index contributed by atoms with van der Waals surface area (Å²) in [5.41, 5.74) is 0.847. The van der Waals surface area contributed by atoms with Crippen molar-refractivity contribution in [2.24, 2.45) is 0 Å². The van der Waals surface area contributed by atoms with Crippen molar-refractivity contribution < 1.29 is 13.9 Å². The van der Waals surface area contributed by atoms with Gasteiger partial charge in [0.25, 0.3) is 5.92 Å². The highest BCUT2D eigenvalue weighted by atomic mass is 19.3. The molecule has 70 valence electrons. The highest BCUT2D eigenvalue weighted by molar-refractivity contribution is 5.55. The molecular weight excluding hydrogens is 176 g/mol. The molecule has 1 aliphatic heterocycles. The summed E-state index contributed by atoms with van der Waals surface area (Å²) < 4.78 is 25.9. The number of benzene rings is 1. The van der Waals surface area contributed by atoms with Gasteiger partial charge >= 0.3 is 0 Å². The van der Waals surface area contributed by atoms with Crippen molar-refractivity contribution in [1.29, 1.82) is 0 Å². The number of rotatable bonds is 0. The summed E-state index contributed by atoms with van der Waals surface area (Å²) in [5, 5.41) is 11.9. The van der Waals surface area contributed by atoms with Gasteiger partial charge in [0.1, 0.15) is 6.10 Å². The van der Waals surface area contributed by atoms with E-state index in [1.54, 1.807) is 18.2 Å². The Labute approximate surface area is 74.2 Å². The standard InChI is InChI=1S/C9H9F2NO/c10-9(11)5-12-7-4-2-1-3-6(7)8(9)13/h1-4,8,12-13H,5H2. The zero-order chi connectivity index (χ0) is 9.47. The first-order valence-corrected chi connectivity index (χ1v) is 4.00. The topological polar surface area (TPSA) is 32.3 Å². The number of aliphatic hydroxyl groups is 1. The van der Waals surface area contributed by atoms with Crippen LogP contribution < -0.4 is 5.32 Å². The number of halogens is 2. The van der Waals surface area contributed by atoms with Crippen molar-refractivity contribution in [3.63, 3.8) is 0 Å². The van der Waals surface area contributed by atoms with Crippen LogP contribution in [0.15, 0.2) is 24.3 Å². The minimum atomic E-state index is -3.08. The zero-order valence-corrected chi connectivity index (χ0v) is 6.80. The fourth-order valence-corrected chi connectivity index (χ4v) is 1.43. The molecule has 0 amide bonds. The molecule has 2 nitrogen and oxygen atoms in total. The van der Waals surface area contributed by atoms with Crippen LogP contribution in [0.4, 0.5) is 14.5 Å². The summed E-state index contributed by atoms with van der Waals surface area (Å²) in [6, 6.07) is 6.54. The van der Waals surface area contributed by atoms with E-state index >= 15 is 0 Å². The molecule has 1 aromatic carbocycles. The van der Waals surface area contributed by atoms with Gasteiger partial charge in [-0.05, 0) is 6.07 Å². The minimum absolute atomic E-state index is 0.263. The SMILES string of the molecule is OC1c2ccccc2NCC1(F)F. The third-order valence-corrected chi connectivity index (χ3v) is 2.17. The third kappa shape index (κ3) is 1.27. The summed E-state index contributed by atoms with van der Waals surface area (Å²) >= 11 is 0. The van der Waals surface area contributed by atoms with E-state index in [1.807, 2.05) is 0 Å². The lowest BCUT2D eigenvalue weighted by atomic mass is 9.98. The highest BCUT2D eigenvalue weighted by Gasteiger charge is 2.43. The van der Waals surface area contributed by atoms with Crippen LogP contribution in [0.5, 0.6) is 0 Å². The summed E-state index contributed by atoms with van der Waals surface area (Å²) in [5.74, 6) is -3.08. The molecule has 0 bridgehead atoms. The van der Waals surface area contributed by atoms with E-state index in [0.717, 1.165) is 0 Å². The first-order valence-electron chi connectivity index (χ1n) is 4.00. The Bertz CT molecular complexity index is 327. The maximum absolute atomic E-state index is 13.0. The van der Waals surface area contributed by atoms with Gasteiger partial charge in [-0.1, -0.05) is 18.2 Å². The van der Waals surface area contributed by atoms with Crippen LogP contribution in [0.2, 0.25) is 0 Å². The smallest absolute Gasteiger partial charge is 0.294 e. The van der Waals surface area contributed by atoms with Crippen LogP contribution in [-0.2, 0) is 0 Å². The summed E-state index contributed by atoms with van der Waals surface area (Å²) in [6.45, 7) is -0.509. The molecule has 2 N–H and O–H groups in total. The fraction of sp³-hybridized carbons (Fsp3) is 0.333. The van der Waals surface area contributed by atoms with E-state index in [0.29, 0.717) is 5.69 Å². The van der Waals surface area contributed by atoms with E-state index in [9.17, 15) is 13.9 Å². The molecule has 1 aromatic rings. The number of alkyl halides is 2. The van der Waals surface area contributed by atoms with Crippen molar-refractivity contribution in [3.05, 3.63) is 29.8 Å². The molecule has 1 unspecified atom stereocenters. The van der Waals surface area contributed by atoms with E-state index in [1.165, 1.54) is 6.07 Å². The van der Waals surface area contributed by atoms with Gasteiger partial charge < -0.3 is 10.4 Å². The predicted molar refractivity (Wildman–Crippen MR) is 44.8 cm³/mol. The second-order valence-electron chi connectivity index (χ2n) is 3.10. The van der Waals surface area contributed by atoms with Crippen molar-refractivity contribution >= 4 is 5.69 Å². The molecule has 4 heteroatoms. The molecule has 0 spiro atoms. The molecule has 1 heterocycles. The third-order valence-electron chi connectivity index (χ3n) is 2.17. The summed E-state index contributed by atoms with van der Waals surface area (Å²) in [7, 11) is 0. The predicted octanol–water partition coefficient (Wildman–Crippen LogP) is 1.78. The Balaban J connectivity index is 2.45. The molecule has 0 aromatic heterocycles. The van der Waals surface area contributed by atoms with Crippen LogP contribution >= 0.6 is 0 Å². The lowest BCUT2D eigenvalue weighted by Crippen LogP contribution is -2.38. The maximum Gasteiger partial charge on any atom is 0.294 e.